The number of rotatable bonds is 6. The number of nitrogens with zero attached hydrogens (tertiary/aromatic N) is 1. The normalized spacial score (nSPS) is 12.2. The van der Waals surface area contributed by atoms with Crippen molar-refractivity contribution < 1.29 is 22.7 Å². The van der Waals surface area contributed by atoms with Crippen LogP contribution in [0.3, 0.4) is 0 Å². The second kappa shape index (κ2) is 9.06. The Morgan fingerprint density at radius 1 is 1.06 bits per heavy atom. The SMILES string of the molecule is COc1cc(Cl)c(-c2cccc([N+](C)(C)C)c2)cc1CC(=O)c1c[nH]c2ccc(C(F)(F)F)cc12. The quantitative estimate of drug-likeness (QED) is 0.225. The summed E-state index contributed by atoms with van der Waals surface area (Å²) < 4.78 is 45.7. The van der Waals surface area contributed by atoms with E-state index in [-0.39, 0.29) is 23.2 Å². The fourth-order valence-electron chi connectivity index (χ4n) is 4.04. The molecule has 4 aromatic rings. The van der Waals surface area contributed by atoms with E-state index in [1.807, 2.05) is 30.3 Å². The van der Waals surface area contributed by atoms with Gasteiger partial charge in [-0.05, 0) is 42.0 Å². The molecule has 0 radical (unpaired) electrons. The average molecular weight is 502 g/mol. The van der Waals surface area contributed by atoms with Crippen molar-refractivity contribution in [3.8, 4) is 16.9 Å². The second-order valence-corrected chi connectivity index (χ2v) is 9.67. The highest BCUT2D eigenvalue weighted by atomic mass is 35.5. The summed E-state index contributed by atoms with van der Waals surface area (Å²) in [4.78, 5) is 16.1. The molecule has 0 amide bonds. The molecule has 35 heavy (non-hydrogen) atoms. The number of aromatic amines is 1. The van der Waals surface area contributed by atoms with Gasteiger partial charge < -0.3 is 9.72 Å². The van der Waals surface area contributed by atoms with E-state index in [9.17, 15) is 18.0 Å². The Labute approximate surface area is 206 Å². The topological polar surface area (TPSA) is 42.1 Å². The zero-order chi connectivity index (χ0) is 25.5. The maximum atomic E-state index is 13.2. The standard InChI is InChI=1S/C27H24ClF3N2O2/c1-33(2,3)19-7-5-6-16(10-19)20-11-17(26(35-4)14-23(20)28)12-25(34)22-15-32-24-9-8-18(13-21(22)24)27(29,30)31/h5-11,13-15H,12H2,1-4H3/p+1. The Balaban J connectivity index is 1.74. The van der Waals surface area contributed by atoms with Crippen LogP contribution in [-0.4, -0.2) is 39.0 Å². The lowest BCUT2D eigenvalue weighted by molar-refractivity contribution is -0.137. The Kier molecular flexibility index (Phi) is 6.42. The van der Waals surface area contributed by atoms with Crippen LogP contribution in [0, 0.1) is 0 Å². The van der Waals surface area contributed by atoms with E-state index in [4.69, 9.17) is 16.3 Å². The van der Waals surface area contributed by atoms with Crippen molar-refractivity contribution >= 4 is 34.0 Å². The van der Waals surface area contributed by atoms with Gasteiger partial charge >= 0.3 is 6.18 Å². The predicted octanol–water partition coefficient (Wildman–Crippen LogP) is 7.14. The van der Waals surface area contributed by atoms with Crippen LogP contribution < -0.4 is 9.22 Å². The summed E-state index contributed by atoms with van der Waals surface area (Å²) in [5, 5.41) is 0.701. The number of H-pyrrole nitrogens is 1. The number of carbonyl (C=O) groups is 1. The van der Waals surface area contributed by atoms with Crippen LogP contribution in [0.15, 0.2) is 60.8 Å². The van der Waals surface area contributed by atoms with Gasteiger partial charge in [-0.25, -0.2) is 0 Å². The molecule has 0 bridgehead atoms. The maximum absolute atomic E-state index is 13.2. The molecule has 0 unspecified atom stereocenters. The molecule has 0 aliphatic heterocycles. The van der Waals surface area contributed by atoms with Gasteiger partial charge in [0.15, 0.2) is 5.78 Å². The number of aromatic nitrogens is 1. The number of Topliss-reactive ketones (excluding diaryl/α,β-unsaturated/α-hetero) is 1. The van der Waals surface area contributed by atoms with Gasteiger partial charge in [-0.3, -0.25) is 9.28 Å². The van der Waals surface area contributed by atoms with Gasteiger partial charge in [-0.2, -0.15) is 13.2 Å². The van der Waals surface area contributed by atoms with Gasteiger partial charge in [0, 0.05) is 46.3 Å². The van der Waals surface area contributed by atoms with Crippen molar-refractivity contribution in [2.45, 2.75) is 12.6 Å². The van der Waals surface area contributed by atoms with Crippen molar-refractivity contribution in [1.82, 2.24) is 9.47 Å². The van der Waals surface area contributed by atoms with Crippen LogP contribution in [0.2, 0.25) is 5.02 Å². The van der Waals surface area contributed by atoms with Crippen LogP contribution in [-0.2, 0) is 12.6 Å². The number of carbonyl (C=O) groups excluding carboxylic acids is 1. The first-order valence-electron chi connectivity index (χ1n) is 10.9. The number of methoxy groups -OCH3 is 1. The smallest absolute Gasteiger partial charge is 0.416 e. The zero-order valence-electron chi connectivity index (χ0n) is 19.8. The van der Waals surface area contributed by atoms with E-state index in [1.54, 1.807) is 6.07 Å². The molecule has 182 valence electrons. The summed E-state index contributed by atoms with van der Waals surface area (Å²) in [5.41, 5.74) is 3.14. The van der Waals surface area contributed by atoms with Crippen molar-refractivity contribution in [3.63, 3.8) is 0 Å². The molecule has 0 fully saturated rings. The lowest BCUT2D eigenvalue weighted by atomic mass is 9.96. The number of benzene rings is 3. The summed E-state index contributed by atoms with van der Waals surface area (Å²) in [7, 11) is 7.66. The van der Waals surface area contributed by atoms with Crippen molar-refractivity contribution in [2.75, 3.05) is 28.3 Å². The molecule has 0 aliphatic carbocycles. The first-order chi connectivity index (χ1) is 16.4. The number of ketones is 1. The van der Waals surface area contributed by atoms with Crippen LogP contribution >= 0.6 is 11.6 Å². The molecule has 0 atom stereocenters. The molecule has 0 saturated carbocycles. The van der Waals surface area contributed by atoms with Gasteiger partial charge in [0.05, 0.1) is 38.8 Å². The molecule has 1 N–H and O–H groups in total. The summed E-state index contributed by atoms with van der Waals surface area (Å²) in [6.45, 7) is 0. The molecule has 1 aromatic heterocycles. The number of hydrogen-bond donors (Lipinski definition) is 1. The first kappa shape index (κ1) is 24.8. The third-order valence-electron chi connectivity index (χ3n) is 5.96. The molecule has 4 rings (SSSR count). The Morgan fingerprint density at radius 3 is 2.46 bits per heavy atom. The number of alkyl halides is 3. The minimum absolute atomic E-state index is 0.0639. The third kappa shape index (κ3) is 5.06. The Hall–Kier alpha value is -3.29. The van der Waals surface area contributed by atoms with E-state index in [0.29, 0.717) is 26.3 Å². The summed E-state index contributed by atoms with van der Waals surface area (Å²) in [6, 6.07) is 14.7. The van der Waals surface area contributed by atoms with E-state index < -0.39 is 11.7 Å². The average Bonchev–Trinajstić information content (AvgIpc) is 3.22. The van der Waals surface area contributed by atoms with Crippen molar-refractivity contribution in [2.24, 2.45) is 0 Å². The molecule has 8 heteroatoms. The largest absolute Gasteiger partial charge is 0.496 e. The van der Waals surface area contributed by atoms with Crippen molar-refractivity contribution in [1.29, 1.82) is 0 Å². The molecular formula is C27H25ClF3N2O2+. The number of nitrogens with one attached hydrogen (secondary N) is 1. The summed E-state index contributed by atoms with van der Waals surface area (Å²) in [5.74, 6) is 0.105. The predicted molar refractivity (Wildman–Crippen MR) is 134 cm³/mol. The van der Waals surface area contributed by atoms with E-state index in [2.05, 4.69) is 26.1 Å². The van der Waals surface area contributed by atoms with E-state index >= 15 is 0 Å². The molecule has 0 aliphatic rings. The fourth-order valence-corrected chi connectivity index (χ4v) is 4.30. The lowest BCUT2D eigenvalue weighted by Gasteiger charge is -2.24. The maximum Gasteiger partial charge on any atom is 0.416 e. The highest BCUT2D eigenvalue weighted by Gasteiger charge is 2.31. The van der Waals surface area contributed by atoms with Crippen LogP contribution in [0.25, 0.3) is 22.0 Å². The minimum atomic E-state index is -4.50. The monoisotopic (exact) mass is 501 g/mol. The Morgan fingerprint density at radius 2 is 1.80 bits per heavy atom. The third-order valence-corrected chi connectivity index (χ3v) is 6.28. The van der Waals surface area contributed by atoms with Crippen LogP contribution in [0.4, 0.5) is 18.9 Å². The van der Waals surface area contributed by atoms with Gasteiger partial charge in [0.2, 0.25) is 0 Å². The van der Waals surface area contributed by atoms with Crippen molar-refractivity contribution in [3.05, 3.63) is 82.5 Å². The summed E-state index contributed by atoms with van der Waals surface area (Å²) in [6.07, 6.45) is -3.12. The lowest BCUT2D eigenvalue weighted by Crippen LogP contribution is -2.34. The van der Waals surface area contributed by atoms with Crippen LogP contribution in [0.5, 0.6) is 5.75 Å². The van der Waals surface area contributed by atoms with Gasteiger partial charge in [0.25, 0.3) is 0 Å². The molecule has 0 saturated heterocycles. The van der Waals surface area contributed by atoms with Gasteiger partial charge in [-0.1, -0.05) is 23.7 Å². The molecule has 1 heterocycles. The van der Waals surface area contributed by atoms with Crippen LogP contribution in [0.1, 0.15) is 21.5 Å². The number of halogens is 4. The van der Waals surface area contributed by atoms with Gasteiger partial charge in [-0.15, -0.1) is 0 Å². The van der Waals surface area contributed by atoms with Gasteiger partial charge in [0.1, 0.15) is 11.4 Å². The minimum Gasteiger partial charge on any atom is -0.496 e. The Bertz CT molecular complexity index is 1420. The molecule has 3 aromatic carbocycles. The highest BCUT2D eigenvalue weighted by Crippen LogP contribution is 2.37. The zero-order valence-corrected chi connectivity index (χ0v) is 20.5. The molecule has 0 spiro atoms. The molecular weight excluding hydrogens is 477 g/mol. The number of hydrogen-bond acceptors (Lipinski definition) is 2. The highest BCUT2D eigenvalue weighted by molar-refractivity contribution is 6.33. The first-order valence-corrected chi connectivity index (χ1v) is 11.3. The number of quaternary nitrogens is 1. The van der Waals surface area contributed by atoms with E-state index in [1.165, 1.54) is 19.4 Å². The number of fused-ring (bicyclic) bond motifs is 1. The second-order valence-electron chi connectivity index (χ2n) is 9.27. The fraction of sp³-hybridized carbons (Fsp3) is 0.222. The summed E-state index contributed by atoms with van der Waals surface area (Å²) >= 11 is 6.57. The van der Waals surface area contributed by atoms with E-state index in [0.717, 1.165) is 28.9 Å². The number of ether oxygens (including phenoxy) is 1. The molecule has 4 nitrogen and oxygen atoms in total.